The number of rotatable bonds is 7. The van der Waals surface area contributed by atoms with Gasteiger partial charge in [0.25, 0.3) is 0 Å². The summed E-state index contributed by atoms with van der Waals surface area (Å²) in [5.74, 6) is -0.933. The van der Waals surface area contributed by atoms with Crippen LogP contribution in [0.1, 0.15) is 68.1 Å². The Morgan fingerprint density at radius 1 is 0.938 bits per heavy atom. The van der Waals surface area contributed by atoms with Crippen molar-refractivity contribution in [1.82, 2.24) is 0 Å². The molecule has 7 N–H and O–H groups in total. The molecule has 0 amide bonds. The van der Waals surface area contributed by atoms with Crippen LogP contribution >= 0.6 is 0 Å². The summed E-state index contributed by atoms with van der Waals surface area (Å²) in [6.07, 6.45) is 11.1. The first-order valence-corrected chi connectivity index (χ1v) is 11.5. The van der Waals surface area contributed by atoms with Crippen molar-refractivity contribution in [3.05, 3.63) is 60.2 Å². The number of nitrogens with two attached hydrogens (primary N) is 3. The van der Waals surface area contributed by atoms with Crippen LogP contribution in [0.25, 0.3) is 11.1 Å². The Labute approximate surface area is 192 Å². The quantitative estimate of drug-likeness (QED) is 0.287. The van der Waals surface area contributed by atoms with Gasteiger partial charge < -0.3 is 22.3 Å². The molecular weight excluding hydrogens is 402 g/mol. The average molecular weight is 442 g/mol. The highest BCUT2D eigenvalue weighted by atomic mass is 16.4. The summed E-state index contributed by atoms with van der Waals surface area (Å²) in [5, 5.41) is 8.33. The number of carboxylic acids is 1. The Hall–Kier alpha value is -2.54. The van der Waals surface area contributed by atoms with Gasteiger partial charge in [0.05, 0.1) is 0 Å². The first kappa shape index (κ1) is 27.5. The van der Waals surface area contributed by atoms with Crippen molar-refractivity contribution in [2.75, 3.05) is 6.54 Å². The van der Waals surface area contributed by atoms with Crippen molar-refractivity contribution >= 4 is 12.3 Å². The lowest BCUT2D eigenvalue weighted by molar-refractivity contribution is -0.138. The highest BCUT2D eigenvalue weighted by Crippen LogP contribution is 2.18. The number of carbonyl (C=O) groups excluding carboxylic acids is 1. The van der Waals surface area contributed by atoms with Gasteiger partial charge in [-0.2, -0.15) is 0 Å². The Morgan fingerprint density at radius 2 is 1.50 bits per heavy atom. The molecule has 0 saturated heterocycles. The third-order valence-electron chi connectivity index (χ3n) is 5.34. The molecular formula is C26H39N3O3. The Balaban J connectivity index is 0.000000252. The lowest BCUT2D eigenvalue weighted by Gasteiger charge is -2.03. The first-order chi connectivity index (χ1) is 15.5. The molecule has 176 valence electrons. The predicted molar refractivity (Wildman–Crippen MR) is 131 cm³/mol. The van der Waals surface area contributed by atoms with E-state index in [1.54, 1.807) is 0 Å². The molecule has 0 spiro atoms. The van der Waals surface area contributed by atoms with Gasteiger partial charge in [-0.25, -0.2) is 0 Å². The molecule has 1 aliphatic carbocycles. The van der Waals surface area contributed by atoms with E-state index in [1.807, 2.05) is 42.5 Å². The van der Waals surface area contributed by atoms with Gasteiger partial charge in [-0.05, 0) is 43.4 Å². The third-order valence-corrected chi connectivity index (χ3v) is 5.34. The van der Waals surface area contributed by atoms with Gasteiger partial charge in [0, 0.05) is 11.6 Å². The molecule has 6 nitrogen and oxygen atoms in total. The number of hydrogen-bond donors (Lipinski definition) is 4. The topological polar surface area (TPSA) is 132 Å². The number of benzene rings is 2. The number of aldehydes is 1. The summed E-state index contributed by atoms with van der Waals surface area (Å²) in [5.41, 5.74) is 19.2. The Bertz CT molecular complexity index is 743. The summed E-state index contributed by atoms with van der Waals surface area (Å²) in [6, 6.07) is 17.5. The van der Waals surface area contributed by atoms with E-state index in [9.17, 15) is 9.59 Å². The molecule has 2 aromatic carbocycles. The second kappa shape index (κ2) is 17.1. The van der Waals surface area contributed by atoms with E-state index in [-0.39, 0.29) is 0 Å². The highest BCUT2D eigenvalue weighted by molar-refractivity contribution is 5.76. The van der Waals surface area contributed by atoms with Crippen LogP contribution in [0, 0.1) is 0 Å². The number of aliphatic carboxylic acids is 1. The number of unbranched alkanes of at least 4 members (excludes halogenated alkanes) is 1. The zero-order chi connectivity index (χ0) is 23.6. The minimum absolute atomic E-state index is 0.520. The molecule has 3 rings (SSSR count). The number of carboxylic acid groups (broad SMARTS) is 1. The van der Waals surface area contributed by atoms with E-state index in [0.717, 1.165) is 24.7 Å². The molecule has 1 saturated carbocycles. The summed E-state index contributed by atoms with van der Waals surface area (Å²) >= 11 is 0. The molecule has 0 unspecified atom stereocenters. The van der Waals surface area contributed by atoms with Crippen molar-refractivity contribution in [1.29, 1.82) is 0 Å². The maximum absolute atomic E-state index is 10.5. The molecule has 2 aromatic rings. The van der Waals surface area contributed by atoms with Crippen molar-refractivity contribution in [2.45, 2.75) is 69.9 Å². The molecule has 0 aromatic heterocycles. The van der Waals surface area contributed by atoms with Crippen LogP contribution in [0.4, 0.5) is 0 Å². The van der Waals surface area contributed by atoms with Gasteiger partial charge in [-0.15, -0.1) is 0 Å². The summed E-state index contributed by atoms with van der Waals surface area (Å²) in [6.45, 7) is 0.604. The molecule has 6 heteroatoms. The fourth-order valence-electron chi connectivity index (χ4n) is 3.33. The van der Waals surface area contributed by atoms with Crippen molar-refractivity contribution in [3.8, 4) is 11.1 Å². The minimum Gasteiger partial charge on any atom is -0.480 e. The number of carbonyl (C=O) groups is 2. The zero-order valence-electron chi connectivity index (χ0n) is 19.0. The third kappa shape index (κ3) is 12.3. The van der Waals surface area contributed by atoms with Crippen molar-refractivity contribution < 1.29 is 14.7 Å². The molecule has 0 aliphatic heterocycles. The SMILES string of the molecule is NC1CCCCCC1.NCCCC[C@H](N)C(=O)O.O=Cc1ccc(-c2ccccc2)cc1. The smallest absolute Gasteiger partial charge is 0.320 e. The second-order valence-electron chi connectivity index (χ2n) is 8.09. The van der Waals surface area contributed by atoms with E-state index < -0.39 is 12.0 Å². The van der Waals surface area contributed by atoms with E-state index in [2.05, 4.69) is 12.1 Å². The van der Waals surface area contributed by atoms with Crippen LogP contribution in [-0.2, 0) is 4.79 Å². The van der Waals surface area contributed by atoms with Crippen molar-refractivity contribution in [3.63, 3.8) is 0 Å². The fourth-order valence-corrected chi connectivity index (χ4v) is 3.33. The van der Waals surface area contributed by atoms with Crippen LogP contribution in [0.3, 0.4) is 0 Å². The molecule has 1 fully saturated rings. The predicted octanol–water partition coefficient (Wildman–Crippen LogP) is 4.36. The van der Waals surface area contributed by atoms with E-state index >= 15 is 0 Å². The average Bonchev–Trinajstić information content (AvgIpc) is 3.08. The van der Waals surface area contributed by atoms with E-state index in [4.69, 9.17) is 22.3 Å². The molecule has 1 aliphatic rings. The van der Waals surface area contributed by atoms with Gasteiger partial charge >= 0.3 is 5.97 Å². The largest absolute Gasteiger partial charge is 0.480 e. The van der Waals surface area contributed by atoms with Gasteiger partial charge in [-0.3, -0.25) is 9.59 Å². The van der Waals surface area contributed by atoms with E-state index in [1.165, 1.54) is 44.1 Å². The van der Waals surface area contributed by atoms with Crippen molar-refractivity contribution in [2.24, 2.45) is 17.2 Å². The van der Waals surface area contributed by atoms with Crippen LogP contribution < -0.4 is 17.2 Å². The van der Waals surface area contributed by atoms with Gasteiger partial charge in [0.1, 0.15) is 12.3 Å². The monoisotopic (exact) mass is 441 g/mol. The fraction of sp³-hybridized carbons (Fsp3) is 0.462. The molecule has 1 atom stereocenters. The van der Waals surface area contributed by atoms with Crippen LogP contribution in [0.5, 0.6) is 0 Å². The normalized spacial score (nSPS) is 14.6. The second-order valence-corrected chi connectivity index (χ2v) is 8.09. The summed E-state index contributed by atoms with van der Waals surface area (Å²) in [7, 11) is 0. The summed E-state index contributed by atoms with van der Waals surface area (Å²) in [4.78, 5) is 20.6. The Kier molecular flexibility index (Phi) is 14.7. The van der Waals surface area contributed by atoms with Crippen LogP contribution in [0.2, 0.25) is 0 Å². The highest BCUT2D eigenvalue weighted by Gasteiger charge is 2.09. The van der Waals surface area contributed by atoms with Crippen LogP contribution in [-0.4, -0.2) is 36.0 Å². The zero-order valence-corrected chi connectivity index (χ0v) is 19.0. The molecule has 0 bridgehead atoms. The lowest BCUT2D eigenvalue weighted by Crippen LogP contribution is -2.29. The van der Waals surface area contributed by atoms with E-state index in [0.29, 0.717) is 24.6 Å². The standard InChI is InChI=1S/C13H10O.C7H15N.C6H14N2O2/c14-10-11-6-8-13(9-7-11)12-4-2-1-3-5-12;8-7-5-3-1-2-4-6-7;7-4-2-1-3-5(8)6(9)10/h1-10H;7H,1-6,8H2;5H,1-4,7-8H2,(H,9,10)/t;;5-/m..0/s1. The van der Waals surface area contributed by atoms with Gasteiger partial charge in [0.2, 0.25) is 0 Å². The first-order valence-electron chi connectivity index (χ1n) is 11.5. The summed E-state index contributed by atoms with van der Waals surface area (Å²) < 4.78 is 0. The number of hydrogen-bond acceptors (Lipinski definition) is 5. The maximum Gasteiger partial charge on any atom is 0.320 e. The van der Waals surface area contributed by atoms with Gasteiger partial charge in [0.15, 0.2) is 0 Å². The van der Waals surface area contributed by atoms with Crippen LogP contribution in [0.15, 0.2) is 54.6 Å². The molecule has 32 heavy (non-hydrogen) atoms. The molecule has 0 radical (unpaired) electrons. The Morgan fingerprint density at radius 3 is 2.00 bits per heavy atom. The minimum atomic E-state index is -0.933. The lowest BCUT2D eigenvalue weighted by atomic mass is 10.0. The maximum atomic E-state index is 10.5. The van der Waals surface area contributed by atoms with Gasteiger partial charge in [-0.1, -0.05) is 86.7 Å². The molecule has 0 heterocycles.